The molecule has 0 unspecified atom stereocenters. The number of carbonyl (C=O) groups excluding carboxylic acids is 1. The zero-order chi connectivity index (χ0) is 16.9. The highest BCUT2D eigenvalue weighted by Crippen LogP contribution is 2.18. The molecule has 126 valence electrons. The fraction of sp³-hybridized carbons (Fsp3) is 0.312. The van der Waals surface area contributed by atoms with E-state index in [0.29, 0.717) is 29.8 Å². The molecule has 1 fully saturated rings. The summed E-state index contributed by atoms with van der Waals surface area (Å²) in [7, 11) is 0. The van der Waals surface area contributed by atoms with Crippen LogP contribution in [-0.2, 0) is 11.3 Å². The number of carbonyl (C=O) groups is 1. The maximum atomic E-state index is 12.3. The van der Waals surface area contributed by atoms with Gasteiger partial charge in [0, 0.05) is 36.5 Å². The van der Waals surface area contributed by atoms with Crippen LogP contribution in [-0.4, -0.2) is 42.2 Å². The van der Waals surface area contributed by atoms with E-state index in [0.717, 1.165) is 24.5 Å². The lowest BCUT2D eigenvalue weighted by molar-refractivity contribution is 0.0950. The molecule has 1 saturated heterocycles. The SMILES string of the molecule is O=C(NCc1ccnc(N2CCOCC2)c1)c1cc(Br)cnc1Cl. The van der Waals surface area contributed by atoms with Crippen LogP contribution in [0, 0.1) is 0 Å². The van der Waals surface area contributed by atoms with Crippen molar-refractivity contribution in [3.05, 3.63) is 51.3 Å². The summed E-state index contributed by atoms with van der Waals surface area (Å²) in [5.41, 5.74) is 1.31. The van der Waals surface area contributed by atoms with Gasteiger partial charge >= 0.3 is 0 Å². The molecule has 0 radical (unpaired) electrons. The van der Waals surface area contributed by atoms with Gasteiger partial charge in [0.05, 0.1) is 18.8 Å². The van der Waals surface area contributed by atoms with Gasteiger partial charge in [0.1, 0.15) is 11.0 Å². The first-order chi connectivity index (χ1) is 11.6. The summed E-state index contributed by atoms with van der Waals surface area (Å²) in [5.74, 6) is 0.630. The van der Waals surface area contributed by atoms with Crippen LogP contribution in [0.15, 0.2) is 35.1 Å². The molecule has 0 atom stereocenters. The summed E-state index contributed by atoms with van der Waals surface area (Å²) in [4.78, 5) is 22.8. The van der Waals surface area contributed by atoms with Gasteiger partial charge < -0.3 is 15.0 Å². The van der Waals surface area contributed by atoms with Crippen molar-refractivity contribution in [3.63, 3.8) is 0 Å². The van der Waals surface area contributed by atoms with Crippen LogP contribution in [0.25, 0.3) is 0 Å². The van der Waals surface area contributed by atoms with Crippen molar-refractivity contribution in [3.8, 4) is 0 Å². The van der Waals surface area contributed by atoms with E-state index in [1.165, 1.54) is 0 Å². The molecule has 2 aromatic rings. The molecule has 1 aliphatic heterocycles. The number of anilines is 1. The molecule has 6 nitrogen and oxygen atoms in total. The molecular formula is C16H16BrClN4O2. The normalized spacial score (nSPS) is 14.5. The summed E-state index contributed by atoms with van der Waals surface area (Å²) in [6, 6.07) is 5.51. The summed E-state index contributed by atoms with van der Waals surface area (Å²) >= 11 is 9.27. The van der Waals surface area contributed by atoms with Gasteiger partial charge in [-0.25, -0.2) is 9.97 Å². The average Bonchev–Trinajstić information content (AvgIpc) is 2.63. The predicted octanol–water partition coefficient (Wildman–Crippen LogP) is 2.66. The minimum atomic E-state index is -0.265. The molecule has 1 amide bonds. The molecule has 3 heterocycles. The van der Waals surface area contributed by atoms with Crippen LogP contribution >= 0.6 is 27.5 Å². The van der Waals surface area contributed by atoms with Crippen LogP contribution in [0.2, 0.25) is 5.15 Å². The van der Waals surface area contributed by atoms with Gasteiger partial charge in [-0.1, -0.05) is 11.6 Å². The van der Waals surface area contributed by atoms with Gasteiger partial charge in [0.2, 0.25) is 0 Å². The number of pyridine rings is 2. The Balaban J connectivity index is 1.66. The van der Waals surface area contributed by atoms with Crippen molar-refractivity contribution < 1.29 is 9.53 Å². The van der Waals surface area contributed by atoms with Gasteiger partial charge in [-0.2, -0.15) is 0 Å². The quantitative estimate of drug-likeness (QED) is 0.784. The van der Waals surface area contributed by atoms with E-state index in [1.807, 2.05) is 12.1 Å². The topological polar surface area (TPSA) is 67.4 Å². The second-order valence-corrected chi connectivity index (χ2v) is 6.57. The van der Waals surface area contributed by atoms with E-state index < -0.39 is 0 Å². The second-order valence-electron chi connectivity index (χ2n) is 5.30. The van der Waals surface area contributed by atoms with E-state index in [2.05, 4.69) is 36.1 Å². The number of amides is 1. The first-order valence-corrected chi connectivity index (χ1v) is 8.67. The Kier molecular flexibility index (Phi) is 5.65. The highest BCUT2D eigenvalue weighted by atomic mass is 79.9. The summed E-state index contributed by atoms with van der Waals surface area (Å²) in [5, 5.41) is 3.04. The molecular weight excluding hydrogens is 396 g/mol. The Morgan fingerprint density at radius 1 is 1.33 bits per heavy atom. The molecule has 1 aliphatic rings. The molecule has 1 N–H and O–H groups in total. The van der Waals surface area contributed by atoms with Crippen molar-refractivity contribution in [1.82, 2.24) is 15.3 Å². The molecule has 8 heteroatoms. The lowest BCUT2D eigenvalue weighted by atomic mass is 10.2. The molecule has 0 aliphatic carbocycles. The highest BCUT2D eigenvalue weighted by molar-refractivity contribution is 9.10. The summed E-state index contributed by atoms with van der Waals surface area (Å²) < 4.78 is 6.06. The third-order valence-electron chi connectivity index (χ3n) is 3.65. The minimum absolute atomic E-state index is 0.180. The first-order valence-electron chi connectivity index (χ1n) is 7.50. The summed E-state index contributed by atoms with van der Waals surface area (Å²) in [6.45, 7) is 3.44. The molecule has 0 bridgehead atoms. The van der Waals surface area contributed by atoms with Crippen molar-refractivity contribution in [2.75, 3.05) is 31.2 Å². The first kappa shape index (κ1) is 17.1. The highest BCUT2D eigenvalue weighted by Gasteiger charge is 2.14. The van der Waals surface area contributed by atoms with Crippen molar-refractivity contribution in [1.29, 1.82) is 0 Å². The second kappa shape index (κ2) is 7.92. The maximum Gasteiger partial charge on any atom is 0.254 e. The Morgan fingerprint density at radius 2 is 2.12 bits per heavy atom. The molecule has 24 heavy (non-hydrogen) atoms. The number of hydrogen-bond donors (Lipinski definition) is 1. The van der Waals surface area contributed by atoms with E-state index >= 15 is 0 Å². The van der Waals surface area contributed by atoms with Gasteiger partial charge in [0.15, 0.2) is 0 Å². The standard InChI is InChI=1S/C16H16BrClN4O2/c17-12-8-13(15(18)20-10-12)16(23)21-9-11-1-2-19-14(7-11)22-3-5-24-6-4-22/h1-2,7-8,10H,3-6,9H2,(H,21,23). The Hall–Kier alpha value is -1.70. The third-order valence-corrected chi connectivity index (χ3v) is 4.38. The van der Waals surface area contributed by atoms with Gasteiger partial charge in [-0.05, 0) is 39.7 Å². The van der Waals surface area contributed by atoms with Crippen LogP contribution in [0.4, 0.5) is 5.82 Å². The van der Waals surface area contributed by atoms with E-state index in [9.17, 15) is 4.79 Å². The van der Waals surface area contributed by atoms with Gasteiger partial charge in [-0.3, -0.25) is 4.79 Å². The number of nitrogens with one attached hydrogen (secondary N) is 1. The summed E-state index contributed by atoms with van der Waals surface area (Å²) in [6.07, 6.45) is 3.30. The fourth-order valence-corrected chi connectivity index (χ4v) is 2.92. The zero-order valence-electron chi connectivity index (χ0n) is 12.8. The van der Waals surface area contributed by atoms with E-state index in [1.54, 1.807) is 18.5 Å². The number of hydrogen-bond acceptors (Lipinski definition) is 5. The minimum Gasteiger partial charge on any atom is -0.378 e. The zero-order valence-corrected chi connectivity index (χ0v) is 15.2. The van der Waals surface area contributed by atoms with Gasteiger partial charge in [-0.15, -0.1) is 0 Å². The van der Waals surface area contributed by atoms with Crippen molar-refractivity contribution >= 4 is 39.3 Å². The van der Waals surface area contributed by atoms with E-state index in [4.69, 9.17) is 16.3 Å². The van der Waals surface area contributed by atoms with Crippen molar-refractivity contribution in [2.45, 2.75) is 6.54 Å². The lowest BCUT2D eigenvalue weighted by Crippen LogP contribution is -2.36. The monoisotopic (exact) mass is 410 g/mol. The third kappa shape index (κ3) is 4.23. The number of halogens is 2. The molecule has 2 aromatic heterocycles. The predicted molar refractivity (Wildman–Crippen MR) is 95.4 cm³/mol. The molecule has 3 rings (SSSR count). The Morgan fingerprint density at radius 3 is 2.92 bits per heavy atom. The molecule has 0 saturated carbocycles. The van der Waals surface area contributed by atoms with Crippen LogP contribution < -0.4 is 10.2 Å². The Bertz CT molecular complexity index is 738. The van der Waals surface area contributed by atoms with Gasteiger partial charge in [0.25, 0.3) is 5.91 Å². The van der Waals surface area contributed by atoms with Crippen molar-refractivity contribution in [2.24, 2.45) is 0 Å². The number of aromatic nitrogens is 2. The number of nitrogens with zero attached hydrogens (tertiary/aromatic N) is 3. The van der Waals surface area contributed by atoms with Crippen LogP contribution in [0.5, 0.6) is 0 Å². The molecule has 0 spiro atoms. The maximum absolute atomic E-state index is 12.3. The number of morpholine rings is 1. The largest absolute Gasteiger partial charge is 0.378 e. The smallest absolute Gasteiger partial charge is 0.254 e. The fourth-order valence-electron chi connectivity index (χ4n) is 2.40. The van der Waals surface area contributed by atoms with Crippen LogP contribution in [0.3, 0.4) is 0 Å². The van der Waals surface area contributed by atoms with Crippen LogP contribution in [0.1, 0.15) is 15.9 Å². The Labute approximate surface area is 153 Å². The lowest BCUT2D eigenvalue weighted by Gasteiger charge is -2.28. The number of rotatable bonds is 4. The van der Waals surface area contributed by atoms with E-state index in [-0.39, 0.29) is 11.1 Å². The average molecular weight is 412 g/mol. The number of ether oxygens (including phenoxy) is 1. The molecule has 0 aromatic carbocycles.